The topological polar surface area (TPSA) is 60.0 Å². The molecule has 140 valence electrons. The van der Waals surface area contributed by atoms with Gasteiger partial charge < -0.3 is 15.2 Å². The number of unbranched alkanes of at least 4 members (excludes halogenated alkanes) is 1. The minimum Gasteiger partial charge on any atom is -0.382 e. The zero-order valence-corrected chi connectivity index (χ0v) is 16.9. The monoisotopic (exact) mass is 371 g/mol. The smallest absolute Gasteiger partial charge is 0.152 e. The Morgan fingerprint density at radius 2 is 2.04 bits per heavy atom. The highest BCUT2D eigenvalue weighted by Crippen LogP contribution is 2.35. The Kier molecular flexibility index (Phi) is 4.88. The maximum absolute atomic E-state index is 6.30. The fraction of sp³-hybridized carbons (Fsp3) is 0.600. The van der Waals surface area contributed by atoms with Crippen molar-refractivity contribution in [2.45, 2.75) is 52.5 Å². The van der Waals surface area contributed by atoms with Gasteiger partial charge in [0.05, 0.1) is 15.7 Å². The number of nitrogen functional groups attached to an aromatic ring is 1. The van der Waals surface area contributed by atoms with Crippen LogP contribution in [0.5, 0.6) is 0 Å². The summed E-state index contributed by atoms with van der Waals surface area (Å²) >= 11 is 1.82. The van der Waals surface area contributed by atoms with E-state index in [1.165, 1.54) is 53.3 Å². The Hall–Kier alpha value is -1.66. The molecule has 6 heteroatoms. The average molecular weight is 372 g/mol. The molecular weight excluding hydrogens is 342 g/mol. The van der Waals surface area contributed by atoms with Crippen molar-refractivity contribution in [3.05, 3.63) is 16.8 Å². The Balaban J connectivity index is 1.83. The van der Waals surface area contributed by atoms with E-state index in [4.69, 9.17) is 10.7 Å². The summed E-state index contributed by atoms with van der Waals surface area (Å²) in [7, 11) is 2.22. The van der Waals surface area contributed by atoms with Gasteiger partial charge in [-0.05, 0) is 58.3 Å². The minimum absolute atomic E-state index is 0.574. The van der Waals surface area contributed by atoms with E-state index in [9.17, 15) is 0 Å². The lowest BCUT2D eigenvalue weighted by atomic mass is 9.97. The van der Waals surface area contributed by atoms with Gasteiger partial charge in [0.1, 0.15) is 11.3 Å². The molecule has 4 heterocycles. The second-order valence-electron chi connectivity index (χ2n) is 7.75. The predicted octanol–water partition coefficient (Wildman–Crippen LogP) is 4.22. The van der Waals surface area contributed by atoms with Crippen molar-refractivity contribution >= 4 is 38.4 Å². The number of thiophene rings is 1. The van der Waals surface area contributed by atoms with Crippen molar-refractivity contribution in [1.82, 2.24) is 19.4 Å². The Morgan fingerprint density at radius 1 is 1.27 bits per heavy atom. The average Bonchev–Trinajstić information content (AvgIpc) is 3.15. The summed E-state index contributed by atoms with van der Waals surface area (Å²) in [5.74, 6) is 2.48. The highest BCUT2D eigenvalue weighted by atomic mass is 32.1. The van der Waals surface area contributed by atoms with E-state index in [1.807, 2.05) is 11.3 Å². The second kappa shape index (κ2) is 7.16. The minimum atomic E-state index is 0.574. The molecule has 0 unspecified atom stereocenters. The zero-order chi connectivity index (χ0) is 18.3. The first-order chi connectivity index (χ1) is 12.6. The number of nitrogens with zero attached hydrogens (tertiary/aromatic N) is 4. The van der Waals surface area contributed by atoms with E-state index in [0.29, 0.717) is 5.82 Å². The molecule has 1 saturated heterocycles. The standard InChI is InChI=1S/C20H29N5S/c1-4-5-6-16-23-17-18(19-15(22-20(17)21)11-13(2)26-19)25(16)12-14-7-9-24(3)10-8-14/h11,14H,4-10,12H2,1-3H3,(H2,21,22). The Labute approximate surface area is 159 Å². The lowest BCUT2D eigenvalue weighted by Gasteiger charge is -2.29. The molecule has 0 amide bonds. The van der Waals surface area contributed by atoms with E-state index < -0.39 is 0 Å². The molecule has 0 bridgehead atoms. The number of hydrogen-bond acceptors (Lipinski definition) is 5. The summed E-state index contributed by atoms with van der Waals surface area (Å²) in [5.41, 5.74) is 9.44. The Morgan fingerprint density at radius 3 is 2.77 bits per heavy atom. The molecule has 3 aromatic heterocycles. The van der Waals surface area contributed by atoms with Crippen LogP contribution in [-0.2, 0) is 13.0 Å². The molecule has 0 atom stereocenters. The van der Waals surface area contributed by atoms with Gasteiger partial charge in [0.2, 0.25) is 0 Å². The van der Waals surface area contributed by atoms with Gasteiger partial charge in [-0.15, -0.1) is 11.3 Å². The third-order valence-corrected chi connectivity index (χ3v) is 6.66. The normalized spacial score (nSPS) is 16.9. The molecule has 1 aliphatic rings. The molecule has 0 radical (unpaired) electrons. The van der Waals surface area contributed by atoms with Crippen molar-refractivity contribution in [3.63, 3.8) is 0 Å². The van der Waals surface area contributed by atoms with Crippen LogP contribution < -0.4 is 5.73 Å². The van der Waals surface area contributed by atoms with Gasteiger partial charge >= 0.3 is 0 Å². The van der Waals surface area contributed by atoms with E-state index in [0.717, 1.165) is 36.3 Å². The fourth-order valence-corrected chi connectivity index (χ4v) is 5.07. The third-order valence-electron chi connectivity index (χ3n) is 5.61. The molecule has 0 aromatic carbocycles. The maximum Gasteiger partial charge on any atom is 0.152 e. The van der Waals surface area contributed by atoms with E-state index in [1.54, 1.807) is 0 Å². The number of likely N-dealkylation sites (tertiary alicyclic amines) is 1. The molecule has 1 aliphatic heterocycles. The van der Waals surface area contributed by atoms with Crippen LogP contribution >= 0.6 is 11.3 Å². The number of piperidine rings is 1. The SMILES string of the molecule is CCCCc1nc2c(N)nc3cc(C)sc3c2n1CC1CCN(C)CC1. The molecule has 0 saturated carbocycles. The van der Waals surface area contributed by atoms with Crippen LogP contribution in [-0.4, -0.2) is 39.6 Å². The van der Waals surface area contributed by atoms with Crippen LogP contribution in [0.4, 0.5) is 5.82 Å². The molecule has 5 nitrogen and oxygen atoms in total. The van der Waals surface area contributed by atoms with Gasteiger partial charge in [-0.3, -0.25) is 0 Å². The van der Waals surface area contributed by atoms with Crippen molar-refractivity contribution < 1.29 is 0 Å². The summed E-state index contributed by atoms with van der Waals surface area (Å²) in [4.78, 5) is 13.3. The summed E-state index contributed by atoms with van der Waals surface area (Å²) in [6, 6.07) is 2.15. The zero-order valence-electron chi connectivity index (χ0n) is 16.1. The van der Waals surface area contributed by atoms with Crippen LogP contribution in [0.15, 0.2) is 6.07 Å². The van der Waals surface area contributed by atoms with E-state index >= 15 is 0 Å². The van der Waals surface area contributed by atoms with Gasteiger partial charge in [0.15, 0.2) is 5.82 Å². The molecule has 4 rings (SSSR count). The van der Waals surface area contributed by atoms with Crippen molar-refractivity contribution in [1.29, 1.82) is 0 Å². The lowest BCUT2D eigenvalue weighted by molar-refractivity contribution is 0.205. The first-order valence-corrected chi connectivity index (χ1v) is 10.6. The second-order valence-corrected chi connectivity index (χ2v) is 9.01. The number of fused-ring (bicyclic) bond motifs is 3. The van der Waals surface area contributed by atoms with Gasteiger partial charge in [-0.2, -0.15) is 0 Å². The summed E-state index contributed by atoms with van der Waals surface area (Å²) in [6.07, 6.45) is 5.88. The number of rotatable bonds is 5. The van der Waals surface area contributed by atoms with Crippen molar-refractivity contribution in [3.8, 4) is 0 Å². The highest BCUT2D eigenvalue weighted by Gasteiger charge is 2.23. The third kappa shape index (κ3) is 3.21. The van der Waals surface area contributed by atoms with Crippen molar-refractivity contribution in [2.24, 2.45) is 5.92 Å². The summed E-state index contributed by atoms with van der Waals surface area (Å²) in [5, 5.41) is 0. The maximum atomic E-state index is 6.30. The highest BCUT2D eigenvalue weighted by molar-refractivity contribution is 7.19. The number of pyridine rings is 1. The molecule has 3 aromatic rings. The number of aryl methyl sites for hydroxylation is 2. The first kappa shape index (κ1) is 17.7. The van der Waals surface area contributed by atoms with E-state index in [-0.39, 0.29) is 0 Å². The van der Waals surface area contributed by atoms with Crippen LogP contribution in [0.3, 0.4) is 0 Å². The van der Waals surface area contributed by atoms with Gasteiger partial charge in [0, 0.05) is 17.8 Å². The van der Waals surface area contributed by atoms with Gasteiger partial charge in [0.25, 0.3) is 0 Å². The van der Waals surface area contributed by atoms with Crippen LogP contribution in [0.1, 0.15) is 43.3 Å². The largest absolute Gasteiger partial charge is 0.382 e. The molecule has 2 N–H and O–H groups in total. The number of nitrogens with two attached hydrogens (primary N) is 1. The number of imidazole rings is 1. The first-order valence-electron chi connectivity index (χ1n) is 9.80. The molecule has 0 spiro atoms. The van der Waals surface area contributed by atoms with Crippen LogP contribution in [0.2, 0.25) is 0 Å². The molecule has 26 heavy (non-hydrogen) atoms. The summed E-state index contributed by atoms with van der Waals surface area (Å²) in [6.45, 7) is 7.82. The molecular formula is C20H29N5S. The van der Waals surface area contributed by atoms with Crippen molar-refractivity contribution in [2.75, 3.05) is 25.9 Å². The van der Waals surface area contributed by atoms with Gasteiger partial charge in [-0.1, -0.05) is 13.3 Å². The molecule has 0 aliphatic carbocycles. The molecule has 1 fully saturated rings. The quantitative estimate of drug-likeness (QED) is 0.729. The van der Waals surface area contributed by atoms with Crippen LogP contribution in [0.25, 0.3) is 21.3 Å². The number of hydrogen-bond donors (Lipinski definition) is 1. The lowest BCUT2D eigenvalue weighted by Crippen LogP contribution is -2.32. The van der Waals surface area contributed by atoms with Crippen LogP contribution in [0, 0.1) is 12.8 Å². The number of aromatic nitrogens is 3. The fourth-order valence-electron chi connectivity index (χ4n) is 4.07. The Bertz CT molecular complexity index is 917. The number of anilines is 1. The van der Waals surface area contributed by atoms with E-state index in [2.05, 4.69) is 41.4 Å². The predicted molar refractivity (Wildman–Crippen MR) is 111 cm³/mol. The summed E-state index contributed by atoms with van der Waals surface area (Å²) < 4.78 is 3.73. The van der Waals surface area contributed by atoms with Gasteiger partial charge in [-0.25, -0.2) is 9.97 Å².